The summed E-state index contributed by atoms with van der Waals surface area (Å²) in [5.41, 5.74) is 0.138. The molecule has 3 fully saturated rings. The molecule has 21 heavy (non-hydrogen) atoms. The van der Waals surface area contributed by atoms with Crippen molar-refractivity contribution in [2.75, 3.05) is 26.4 Å². The second-order valence-corrected chi connectivity index (χ2v) is 7.66. The van der Waals surface area contributed by atoms with Crippen molar-refractivity contribution in [3.05, 3.63) is 0 Å². The predicted octanol–water partition coefficient (Wildman–Crippen LogP) is 3.38. The summed E-state index contributed by atoms with van der Waals surface area (Å²) in [6.45, 7) is 8.51. The molecule has 4 unspecified atom stereocenters. The zero-order chi connectivity index (χ0) is 14.7. The van der Waals surface area contributed by atoms with Crippen molar-refractivity contribution < 1.29 is 9.47 Å². The summed E-state index contributed by atoms with van der Waals surface area (Å²) in [5, 5.41) is 3.85. The van der Waals surface area contributed by atoms with Crippen LogP contribution in [-0.4, -0.2) is 38.0 Å². The van der Waals surface area contributed by atoms with Gasteiger partial charge in [-0.05, 0) is 62.8 Å². The Bertz CT molecular complexity index is 322. The molecule has 4 atom stereocenters. The number of rotatable bonds is 4. The quantitative estimate of drug-likeness (QED) is 0.862. The molecule has 1 N–H and O–H groups in total. The molecule has 2 heterocycles. The first-order valence-corrected chi connectivity index (χ1v) is 9.17. The number of hydrogen-bond acceptors (Lipinski definition) is 3. The van der Waals surface area contributed by atoms with Crippen molar-refractivity contribution in [1.29, 1.82) is 0 Å². The van der Waals surface area contributed by atoms with E-state index in [1.54, 1.807) is 0 Å². The Morgan fingerprint density at radius 1 is 1.10 bits per heavy atom. The lowest BCUT2D eigenvalue weighted by atomic mass is 9.74. The maximum absolute atomic E-state index is 6.24. The first kappa shape index (κ1) is 15.8. The van der Waals surface area contributed by atoms with E-state index in [0.29, 0.717) is 6.04 Å². The lowest BCUT2D eigenvalue weighted by Crippen LogP contribution is -2.51. The van der Waals surface area contributed by atoms with Crippen LogP contribution in [0.25, 0.3) is 0 Å². The van der Waals surface area contributed by atoms with Crippen LogP contribution in [0.5, 0.6) is 0 Å². The topological polar surface area (TPSA) is 30.5 Å². The van der Waals surface area contributed by atoms with Gasteiger partial charge < -0.3 is 14.8 Å². The molecule has 122 valence electrons. The van der Waals surface area contributed by atoms with E-state index < -0.39 is 0 Å². The summed E-state index contributed by atoms with van der Waals surface area (Å²) in [7, 11) is 0. The van der Waals surface area contributed by atoms with Crippen molar-refractivity contribution in [2.24, 2.45) is 17.8 Å². The molecule has 3 rings (SSSR count). The van der Waals surface area contributed by atoms with E-state index >= 15 is 0 Å². The van der Waals surface area contributed by atoms with E-state index in [-0.39, 0.29) is 5.60 Å². The average molecular weight is 295 g/mol. The fraction of sp³-hybridized carbons (Fsp3) is 1.00. The standard InChI is InChI=1S/C18H33NO2/c1-3-19-17(15-5-4-14(2)12-15)16-6-9-21-18(13-16)7-10-20-11-8-18/h14-17,19H,3-13H2,1-2H3. The van der Waals surface area contributed by atoms with Crippen molar-refractivity contribution in [1.82, 2.24) is 5.32 Å². The van der Waals surface area contributed by atoms with E-state index in [4.69, 9.17) is 9.47 Å². The normalized spacial score (nSPS) is 37.7. The Morgan fingerprint density at radius 2 is 1.90 bits per heavy atom. The molecule has 0 aromatic heterocycles. The van der Waals surface area contributed by atoms with Gasteiger partial charge in [0.25, 0.3) is 0 Å². The van der Waals surface area contributed by atoms with E-state index in [1.165, 1.54) is 32.1 Å². The molecule has 0 bridgehead atoms. The Hall–Kier alpha value is -0.120. The van der Waals surface area contributed by atoms with Gasteiger partial charge in [0.05, 0.1) is 5.60 Å². The minimum absolute atomic E-state index is 0.138. The van der Waals surface area contributed by atoms with Crippen molar-refractivity contribution in [3.8, 4) is 0 Å². The summed E-state index contributed by atoms with van der Waals surface area (Å²) < 4.78 is 11.8. The van der Waals surface area contributed by atoms with Gasteiger partial charge in [-0.15, -0.1) is 0 Å². The van der Waals surface area contributed by atoms with Gasteiger partial charge >= 0.3 is 0 Å². The third-order valence-corrected chi connectivity index (χ3v) is 6.13. The molecule has 2 aliphatic heterocycles. The van der Waals surface area contributed by atoms with Gasteiger partial charge in [0.2, 0.25) is 0 Å². The third-order valence-electron chi connectivity index (χ3n) is 6.13. The van der Waals surface area contributed by atoms with Crippen LogP contribution in [0.2, 0.25) is 0 Å². The highest BCUT2D eigenvalue weighted by atomic mass is 16.5. The highest BCUT2D eigenvalue weighted by molar-refractivity contribution is 4.95. The molecule has 0 amide bonds. The number of ether oxygens (including phenoxy) is 2. The third kappa shape index (κ3) is 3.62. The summed E-state index contributed by atoms with van der Waals surface area (Å²) in [4.78, 5) is 0. The molecule has 0 aromatic carbocycles. The second-order valence-electron chi connectivity index (χ2n) is 7.66. The van der Waals surface area contributed by atoms with Crippen molar-refractivity contribution in [2.45, 2.75) is 70.4 Å². The molecule has 3 aliphatic rings. The highest BCUT2D eigenvalue weighted by Gasteiger charge is 2.43. The van der Waals surface area contributed by atoms with E-state index in [9.17, 15) is 0 Å². The van der Waals surface area contributed by atoms with Gasteiger partial charge in [-0.25, -0.2) is 0 Å². The Morgan fingerprint density at radius 3 is 2.57 bits per heavy atom. The molecule has 1 saturated carbocycles. The maximum atomic E-state index is 6.24. The first-order valence-electron chi connectivity index (χ1n) is 9.17. The van der Waals surface area contributed by atoms with Crippen molar-refractivity contribution >= 4 is 0 Å². The molecule has 3 heteroatoms. The van der Waals surface area contributed by atoms with Gasteiger partial charge in [0, 0.05) is 25.9 Å². The second kappa shape index (κ2) is 6.97. The monoisotopic (exact) mass is 295 g/mol. The van der Waals surface area contributed by atoms with E-state index in [2.05, 4.69) is 19.2 Å². The minimum Gasteiger partial charge on any atom is -0.381 e. The van der Waals surface area contributed by atoms with Crippen LogP contribution in [0.3, 0.4) is 0 Å². The summed E-state index contributed by atoms with van der Waals surface area (Å²) in [5.74, 6) is 2.61. The van der Waals surface area contributed by atoms with E-state index in [1.807, 2.05) is 0 Å². The van der Waals surface area contributed by atoms with Crippen LogP contribution in [0.4, 0.5) is 0 Å². The molecule has 0 radical (unpaired) electrons. The predicted molar refractivity (Wildman–Crippen MR) is 85.4 cm³/mol. The summed E-state index contributed by atoms with van der Waals surface area (Å²) in [6, 6.07) is 0.712. The van der Waals surface area contributed by atoms with Crippen LogP contribution >= 0.6 is 0 Å². The fourth-order valence-corrected chi connectivity index (χ4v) is 5.00. The lowest BCUT2D eigenvalue weighted by Gasteiger charge is -2.46. The highest BCUT2D eigenvalue weighted by Crippen LogP contribution is 2.42. The largest absolute Gasteiger partial charge is 0.381 e. The van der Waals surface area contributed by atoms with Crippen LogP contribution in [-0.2, 0) is 9.47 Å². The van der Waals surface area contributed by atoms with Gasteiger partial charge in [-0.3, -0.25) is 0 Å². The minimum atomic E-state index is 0.138. The number of nitrogens with one attached hydrogen (secondary N) is 1. The van der Waals surface area contributed by atoms with Gasteiger partial charge in [-0.1, -0.05) is 20.3 Å². The fourth-order valence-electron chi connectivity index (χ4n) is 5.00. The Labute approximate surface area is 130 Å². The van der Waals surface area contributed by atoms with Gasteiger partial charge in [-0.2, -0.15) is 0 Å². The molecular formula is C18H33NO2. The smallest absolute Gasteiger partial charge is 0.0729 e. The summed E-state index contributed by atoms with van der Waals surface area (Å²) >= 11 is 0. The van der Waals surface area contributed by atoms with Crippen LogP contribution in [0, 0.1) is 17.8 Å². The van der Waals surface area contributed by atoms with E-state index in [0.717, 1.165) is 57.0 Å². The molecule has 3 nitrogen and oxygen atoms in total. The molecule has 1 aliphatic carbocycles. The van der Waals surface area contributed by atoms with Crippen molar-refractivity contribution in [3.63, 3.8) is 0 Å². The number of hydrogen-bond donors (Lipinski definition) is 1. The van der Waals surface area contributed by atoms with Gasteiger partial charge in [0.15, 0.2) is 0 Å². The Kier molecular flexibility index (Phi) is 5.23. The maximum Gasteiger partial charge on any atom is 0.0729 e. The molecule has 2 saturated heterocycles. The molecule has 0 aromatic rings. The lowest BCUT2D eigenvalue weighted by molar-refractivity contribution is -0.151. The van der Waals surface area contributed by atoms with Crippen LogP contribution in [0.1, 0.15) is 58.8 Å². The SMILES string of the molecule is CCNC(C1CCC(C)C1)C1CCOC2(CCOCC2)C1. The summed E-state index contributed by atoms with van der Waals surface area (Å²) in [6.07, 6.45) is 8.96. The first-order chi connectivity index (χ1) is 10.2. The Balaban J connectivity index is 1.66. The average Bonchev–Trinajstić information content (AvgIpc) is 2.92. The van der Waals surface area contributed by atoms with Crippen LogP contribution in [0.15, 0.2) is 0 Å². The zero-order valence-corrected chi connectivity index (χ0v) is 13.9. The molecular weight excluding hydrogens is 262 g/mol. The van der Waals surface area contributed by atoms with Crippen LogP contribution < -0.4 is 5.32 Å². The molecule has 1 spiro atoms. The zero-order valence-electron chi connectivity index (χ0n) is 13.9. The van der Waals surface area contributed by atoms with Gasteiger partial charge in [0.1, 0.15) is 0 Å².